The molecule has 1 fully saturated rings. The summed E-state index contributed by atoms with van der Waals surface area (Å²) in [6.07, 6.45) is 0. The van der Waals surface area contributed by atoms with Crippen molar-refractivity contribution < 1.29 is 9.18 Å². The van der Waals surface area contributed by atoms with Crippen LogP contribution in [0.4, 0.5) is 10.1 Å². The van der Waals surface area contributed by atoms with Gasteiger partial charge in [0.1, 0.15) is 5.82 Å². The first kappa shape index (κ1) is 23.9. The minimum absolute atomic E-state index is 0. The first-order valence-corrected chi connectivity index (χ1v) is 9.94. The number of halogens is 2. The van der Waals surface area contributed by atoms with Gasteiger partial charge in [-0.25, -0.2) is 4.39 Å². The van der Waals surface area contributed by atoms with Gasteiger partial charge in [-0.2, -0.15) is 0 Å². The Kier molecular flexibility index (Phi) is 9.35. The summed E-state index contributed by atoms with van der Waals surface area (Å²) in [5.41, 5.74) is 2.73. The third-order valence-corrected chi connectivity index (χ3v) is 4.96. The molecule has 0 atom stereocenters. The molecule has 0 radical (unpaired) electrons. The van der Waals surface area contributed by atoms with Gasteiger partial charge in [0.2, 0.25) is 0 Å². The molecule has 0 bridgehead atoms. The van der Waals surface area contributed by atoms with Crippen LogP contribution in [0, 0.1) is 5.82 Å². The van der Waals surface area contributed by atoms with Gasteiger partial charge < -0.3 is 20.4 Å². The Morgan fingerprint density at radius 2 is 1.77 bits per heavy atom. The van der Waals surface area contributed by atoms with E-state index < -0.39 is 0 Å². The van der Waals surface area contributed by atoms with Crippen molar-refractivity contribution in [3.05, 3.63) is 65.5 Å². The van der Waals surface area contributed by atoms with Crippen LogP contribution in [-0.2, 0) is 6.54 Å². The SMILES string of the molecule is CCNC(=O)c1cccc(CNC(=NC)N2CCN(c3ccc(F)cc3)CC2)c1.I. The monoisotopic (exact) mass is 525 g/mol. The first-order chi connectivity index (χ1) is 14.1. The maximum atomic E-state index is 13.1. The molecular weight excluding hydrogens is 496 g/mol. The molecule has 2 aromatic rings. The van der Waals surface area contributed by atoms with E-state index in [9.17, 15) is 9.18 Å². The summed E-state index contributed by atoms with van der Waals surface area (Å²) in [4.78, 5) is 20.9. The molecule has 0 saturated carbocycles. The van der Waals surface area contributed by atoms with E-state index in [2.05, 4.69) is 25.4 Å². The quantitative estimate of drug-likeness (QED) is 0.358. The van der Waals surface area contributed by atoms with Crippen molar-refractivity contribution in [3.63, 3.8) is 0 Å². The number of hydrogen-bond acceptors (Lipinski definition) is 3. The van der Waals surface area contributed by atoms with Gasteiger partial charge in [-0.05, 0) is 48.9 Å². The Bertz CT molecular complexity index is 851. The summed E-state index contributed by atoms with van der Waals surface area (Å²) >= 11 is 0. The van der Waals surface area contributed by atoms with Gasteiger partial charge in [0.15, 0.2) is 5.96 Å². The Hall–Kier alpha value is -2.36. The fraction of sp³-hybridized carbons (Fsp3) is 0.364. The lowest BCUT2D eigenvalue weighted by Gasteiger charge is -2.37. The van der Waals surface area contributed by atoms with Gasteiger partial charge in [-0.15, -0.1) is 24.0 Å². The molecule has 162 valence electrons. The predicted molar refractivity (Wildman–Crippen MR) is 130 cm³/mol. The van der Waals surface area contributed by atoms with Crippen LogP contribution in [0.15, 0.2) is 53.5 Å². The van der Waals surface area contributed by atoms with E-state index in [-0.39, 0.29) is 35.7 Å². The van der Waals surface area contributed by atoms with E-state index >= 15 is 0 Å². The van der Waals surface area contributed by atoms with E-state index in [4.69, 9.17) is 0 Å². The minimum atomic E-state index is -0.215. The molecule has 0 unspecified atom stereocenters. The molecular formula is C22H29FIN5O. The highest BCUT2D eigenvalue weighted by molar-refractivity contribution is 14.0. The molecule has 0 aliphatic carbocycles. The van der Waals surface area contributed by atoms with Crippen LogP contribution in [0.25, 0.3) is 0 Å². The first-order valence-electron chi connectivity index (χ1n) is 9.94. The number of hydrogen-bond donors (Lipinski definition) is 2. The molecule has 1 amide bonds. The van der Waals surface area contributed by atoms with Crippen LogP contribution in [0.2, 0.25) is 0 Å². The highest BCUT2D eigenvalue weighted by Crippen LogP contribution is 2.17. The van der Waals surface area contributed by atoms with Crippen molar-refractivity contribution >= 4 is 41.5 Å². The van der Waals surface area contributed by atoms with E-state index in [1.165, 1.54) is 12.1 Å². The molecule has 6 nitrogen and oxygen atoms in total. The minimum Gasteiger partial charge on any atom is -0.368 e. The molecule has 1 heterocycles. The van der Waals surface area contributed by atoms with Crippen molar-refractivity contribution in [3.8, 4) is 0 Å². The summed E-state index contributed by atoms with van der Waals surface area (Å²) in [7, 11) is 1.78. The van der Waals surface area contributed by atoms with Crippen LogP contribution >= 0.6 is 24.0 Å². The molecule has 30 heavy (non-hydrogen) atoms. The van der Waals surface area contributed by atoms with E-state index in [1.807, 2.05) is 43.3 Å². The standard InChI is InChI=1S/C22H28FN5O.HI/c1-3-25-21(29)18-6-4-5-17(15-18)16-26-22(24-2)28-13-11-27(12-14-28)20-9-7-19(23)8-10-20;/h4-10,15H,3,11-14,16H2,1-2H3,(H,24,26)(H,25,29);1H. The lowest BCUT2D eigenvalue weighted by Crippen LogP contribution is -2.52. The molecule has 1 aliphatic rings. The van der Waals surface area contributed by atoms with Crippen LogP contribution in [-0.4, -0.2) is 56.5 Å². The number of anilines is 1. The second-order valence-corrected chi connectivity index (χ2v) is 6.91. The maximum Gasteiger partial charge on any atom is 0.251 e. The number of guanidine groups is 1. The third-order valence-electron chi connectivity index (χ3n) is 4.96. The van der Waals surface area contributed by atoms with E-state index in [1.54, 1.807) is 7.05 Å². The molecule has 1 saturated heterocycles. The topological polar surface area (TPSA) is 60.0 Å². The average Bonchev–Trinajstić information content (AvgIpc) is 2.75. The zero-order valence-corrected chi connectivity index (χ0v) is 19.7. The van der Waals surface area contributed by atoms with E-state index in [0.29, 0.717) is 18.7 Å². The van der Waals surface area contributed by atoms with Crippen molar-refractivity contribution in [1.29, 1.82) is 0 Å². The second kappa shape index (κ2) is 11.7. The van der Waals surface area contributed by atoms with E-state index in [0.717, 1.165) is 43.4 Å². The average molecular weight is 525 g/mol. The molecule has 0 spiro atoms. The molecule has 0 aromatic heterocycles. The highest BCUT2D eigenvalue weighted by Gasteiger charge is 2.20. The molecule has 2 aromatic carbocycles. The molecule has 3 rings (SSSR count). The smallest absolute Gasteiger partial charge is 0.251 e. The lowest BCUT2D eigenvalue weighted by atomic mass is 10.1. The largest absolute Gasteiger partial charge is 0.368 e. The summed E-state index contributed by atoms with van der Waals surface area (Å²) < 4.78 is 13.1. The van der Waals surface area contributed by atoms with Gasteiger partial charge in [-0.1, -0.05) is 12.1 Å². The number of rotatable bonds is 5. The highest BCUT2D eigenvalue weighted by atomic mass is 127. The number of amides is 1. The Morgan fingerprint density at radius 1 is 1.07 bits per heavy atom. The number of carbonyl (C=O) groups excluding carboxylic acids is 1. The Morgan fingerprint density at radius 3 is 2.40 bits per heavy atom. The fourth-order valence-electron chi connectivity index (χ4n) is 3.43. The summed E-state index contributed by atoms with van der Waals surface area (Å²) in [6.45, 7) is 6.46. The fourth-order valence-corrected chi connectivity index (χ4v) is 3.43. The van der Waals surface area contributed by atoms with Crippen molar-refractivity contribution in [2.24, 2.45) is 4.99 Å². The Labute approximate surface area is 194 Å². The number of carbonyl (C=O) groups is 1. The van der Waals surface area contributed by atoms with Gasteiger partial charge in [-0.3, -0.25) is 9.79 Å². The zero-order chi connectivity index (χ0) is 20.6. The predicted octanol–water partition coefficient (Wildman–Crippen LogP) is 3.09. The molecule has 1 aliphatic heterocycles. The third kappa shape index (κ3) is 6.32. The van der Waals surface area contributed by atoms with Gasteiger partial charge >= 0.3 is 0 Å². The van der Waals surface area contributed by atoms with Crippen LogP contribution in [0.5, 0.6) is 0 Å². The van der Waals surface area contributed by atoms with Gasteiger partial charge in [0.05, 0.1) is 0 Å². The van der Waals surface area contributed by atoms with Gasteiger partial charge in [0, 0.05) is 57.6 Å². The van der Waals surface area contributed by atoms with Crippen molar-refractivity contribution in [2.45, 2.75) is 13.5 Å². The van der Waals surface area contributed by atoms with Crippen LogP contribution in [0.1, 0.15) is 22.8 Å². The maximum absolute atomic E-state index is 13.1. The molecule has 2 N–H and O–H groups in total. The van der Waals surface area contributed by atoms with Crippen molar-refractivity contribution in [2.75, 3.05) is 44.7 Å². The summed E-state index contributed by atoms with van der Waals surface area (Å²) in [5, 5.41) is 6.21. The summed E-state index contributed by atoms with van der Waals surface area (Å²) in [6, 6.07) is 14.2. The number of piperazine rings is 1. The Balaban J connectivity index is 0.00000320. The van der Waals surface area contributed by atoms with Crippen LogP contribution < -0.4 is 15.5 Å². The normalized spacial score (nSPS) is 14.2. The van der Waals surface area contributed by atoms with Gasteiger partial charge in [0.25, 0.3) is 5.91 Å². The van der Waals surface area contributed by atoms with Crippen molar-refractivity contribution in [1.82, 2.24) is 15.5 Å². The number of aliphatic imine (C=N–C) groups is 1. The number of benzene rings is 2. The lowest BCUT2D eigenvalue weighted by molar-refractivity contribution is 0.0955. The second-order valence-electron chi connectivity index (χ2n) is 6.91. The molecule has 8 heteroatoms. The summed E-state index contributed by atoms with van der Waals surface area (Å²) in [5.74, 6) is 0.566. The van der Waals surface area contributed by atoms with Crippen LogP contribution in [0.3, 0.4) is 0 Å². The number of nitrogens with one attached hydrogen (secondary N) is 2. The zero-order valence-electron chi connectivity index (χ0n) is 17.4. The number of nitrogens with zero attached hydrogens (tertiary/aromatic N) is 3.